The third-order valence-electron chi connectivity index (χ3n) is 6.20. The van der Waals surface area contributed by atoms with Crippen LogP contribution < -0.4 is 0 Å². The highest BCUT2D eigenvalue weighted by Crippen LogP contribution is 2.26. The van der Waals surface area contributed by atoms with Crippen LogP contribution in [0.2, 0.25) is 0 Å². The van der Waals surface area contributed by atoms with Crippen molar-refractivity contribution in [2.75, 3.05) is 13.1 Å². The zero-order valence-electron chi connectivity index (χ0n) is 18.3. The summed E-state index contributed by atoms with van der Waals surface area (Å²) in [4.78, 5) is 30.2. The second-order valence-electron chi connectivity index (χ2n) is 8.34. The number of hydrogen-bond acceptors (Lipinski definition) is 2. The number of amides is 2. The molecule has 28 heavy (non-hydrogen) atoms. The van der Waals surface area contributed by atoms with Crippen LogP contribution in [0.3, 0.4) is 0 Å². The Morgan fingerprint density at radius 2 is 1.93 bits per heavy atom. The third kappa shape index (κ3) is 6.11. The van der Waals surface area contributed by atoms with E-state index < -0.39 is 0 Å². The maximum atomic E-state index is 13.2. The number of carbonyl (C=O) groups is 2. The molecule has 158 valence electrons. The summed E-state index contributed by atoms with van der Waals surface area (Å²) in [5, 5.41) is 0. The first kappa shape index (κ1) is 22.5. The molecule has 0 saturated heterocycles. The molecule has 0 aliphatic heterocycles. The Labute approximate surface area is 171 Å². The summed E-state index contributed by atoms with van der Waals surface area (Å²) >= 11 is 0. The first-order chi connectivity index (χ1) is 13.5. The normalized spacial score (nSPS) is 16.0. The first-order valence-electron chi connectivity index (χ1n) is 11.2. The van der Waals surface area contributed by atoms with Gasteiger partial charge in [0.2, 0.25) is 11.8 Å². The molecule has 5 nitrogen and oxygen atoms in total. The predicted octanol–water partition coefficient (Wildman–Crippen LogP) is 4.36. The van der Waals surface area contributed by atoms with Crippen molar-refractivity contribution < 1.29 is 9.59 Å². The fourth-order valence-corrected chi connectivity index (χ4v) is 4.00. The summed E-state index contributed by atoms with van der Waals surface area (Å²) < 4.78 is 2.06. The molecule has 0 radical (unpaired) electrons. The van der Waals surface area contributed by atoms with Gasteiger partial charge in [0.1, 0.15) is 6.54 Å². The van der Waals surface area contributed by atoms with Gasteiger partial charge in [-0.2, -0.15) is 0 Å². The number of aromatic nitrogens is 1. The minimum absolute atomic E-state index is 0.0686. The van der Waals surface area contributed by atoms with Gasteiger partial charge in [-0.1, -0.05) is 39.5 Å². The van der Waals surface area contributed by atoms with Crippen LogP contribution in [-0.2, 0) is 23.2 Å². The summed E-state index contributed by atoms with van der Waals surface area (Å²) in [5.74, 6) is 0.364. The molecule has 0 spiro atoms. The monoisotopic (exact) mass is 389 g/mol. The van der Waals surface area contributed by atoms with Gasteiger partial charge in [0, 0.05) is 37.4 Å². The van der Waals surface area contributed by atoms with Crippen LogP contribution in [0.25, 0.3) is 0 Å². The third-order valence-corrected chi connectivity index (χ3v) is 6.20. The summed E-state index contributed by atoms with van der Waals surface area (Å²) in [7, 11) is 2.01. The second-order valence-corrected chi connectivity index (χ2v) is 8.34. The van der Waals surface area contributed by atoms with Gasteiger partial charge < -0.3 is 14.4 Å². The lowest BCUT2D eigenvalue weighted by atomic mass is 9.88. The SMILES string of the molecule is CCCCN(Cc1cccn1C)C(=O)CN(C(=O)C1CCCCC1)C(C)CC. The molecule has 1 aliphatic rings. The van der Waals surface area contributed by atoms with E-state index in [1.165, 1.54) is 6.42 Å². The smallest absolute Gasteiger partial charge is 0.242 e. The van der Waals surface area contributed by atoms with Gasteiger partial charge in [0.05, 0.1) is 6.54 Å². The summed E-state index contributed by atoms with van der Waals surface area (Å²) in [6.45, 7) is 7.86. The van der Waals surface area contributed by atoms with Crippen LogP contribution in [0.15, 0.2) is 18.3 Å². The number of nitrogens with zero attached hydrogens (tertiary/aromatic N) is 3. The van der Waals surface area contributed by atoms with E-state index in [0.717, 1.165) is 57.2 Å². The topological polar surface area (TPSA) is 45.6 Å². The Morgan fingerprint density at radius 3 is 2.50 bits per heavy atom. The first-order valence-corrected chi connectivity index (χ1v) is 11.2. The molecular weight excluding hydrogens is 350 g/mol. The van der Waals surface area contributed by atoms with Crippen LogP contribution in [0.1, 0.15) is 77.8 Å². The zero-order chi connectivity index (χ0) is 20.5. The molecule has 1 aromatic rings. The Bertz CT molecular complexity index is 619. The van der Waals surface area contributed by atoms with E-state index in [1.807, 2.05) is 29.1 Å². The maximum absolute atomic E-state index is 13.2. The lowest BCUT2D eigenvalue weighted by molar-refractivity contribution is -0.146. The fraction of sp³-hybridized carbons (Fsp3) is 0.739. The van der Waals surface area contributed by atoms with Crippen LogP contribution in [0, 0.1) is 5.92 Å². The number of aryl methyl sites for hydroxylation is 1. The lowest BCUT2D eigenvalue weighted by Gasteiger charge is -2.34. The average molecular weight is 390 g/mol. The highest BCUT2D eigenvalue weighted by molar-refractivity contribution is 5.86. The van der Waals surface area contributed by atoms with Crippen molar-refractivity contribution in [2.24, 2.45) is 13.0 Å². The Kier molecular flexibility index (Phi) is 9.07. The van der Waals surface area contributed by atoms with Gasteiger partial charge in [-0.15, -0.1) is 0 Å². The van der Waals surface area contributed by atoms with E-state index in [2.05, 4.69) is 31.4 Å². The van der Waals surface area contributed by atoms with E-state index >= 15 is 0 Å². The molecular formula is C23H39N3O2. The van der Waals surface area contributed by atoms with Crippen LogP contribution in [-0.4, -0.2) is 45.3 Å². The van der Waals surface area contributed by atoms with E-state index in [0.29, 0.717) is 6.54 Å². The second kappa shape index (κ2) is 11.3. The summed E-state index contributed by atoms with van der Waals surface area (Å²) in [5.41, 5.74) is 1.12. The standard InChI is InChI=1S/C23H39N3O2/c1-5-7-16-25(17-21-14-11-15-24(21)4)22(27)18-26(19(3)6-2)23(28)20-12-9-8-10-13-20/h11,14-15,19-20H,5-10,12-13,16-18H2,1-4H3. The minimum Gasteiger partial charge on any atom is -0.353 e. The zero-order valence-corrected chi connectivity index (χ0v) is 18.3. The quantitative estimate of drug-likeness (QED) is 0.597. The molecule has 5 heteroatoms. The van der Waals surface area contributed by atoms with E-state index in [4.69, 9.17) is 0 Å². The van der Waals surface area contributed by atoms with Gasteiger partial charge in [-0.05, 0) is 44.7 Å². The van der Waals surface area contributed by atoms with Gasteiger partial charge in [-0.25, -0.2) is 0 Å². The van der Waals surface area contributed by atoms with Gasteiger partial charge in [0.15, 0.2) is 0 Å². The molecule has 2 rings (SSSR count). The van der Waals surface area contributed by atoms with Crippen LogP contribution in [0.4, 0.5) is 0 Å². The van der Waals surface area contributed by atoms with Crippen molar-refractivity contribution in [1.82, 2.24) is 14.4 Å². The molecule has 1 heterocycles. The molecule has 2 amide bonds. The van der Waals surface area contributed by atoms with Crippen LogP contribution in [0.5, 0.6) is 0 Å². The summed E-state index contributed by atoms with van der Waals surface area (Å²) in [6.07, 6.45) is 10.4. The van der Waals surface area contributed by atoms with Crippen molar-refractivity contribution in [2.45, 2.75) is 84.7 Å². The Balaban J connectivity index is 2.10. The molecule has 0 N–H and O–H groups in total. The molecule has 1 saturated carbocycles. The number of rotatable bonds is 10. The Hall–Kier alpha value is -1.78. The number of unbranched alkanes of at least 4 members (excludes halogenated alkanes) is 1. The molecule has 1 aromatic heterocycles. The molecule has 0 aromatic carbocycles. The van der Waals surface area contributed by atoms with Crippen molar-refractivity contribution >= 4 is 11.8 Å². The number of carbonyl (C=O) groups excluding carboxylic acids is 2. The highest BCUT2D eigenvalue weighted by Gasteiger charge is 2.30. The fourth-order valence-electron chi connectivity index (χ4n) is 4.00. The Morgan fingerprint density at radius 1 is 1.21 bits per heavy atom. The summed E-state index contributed by atoms with van der Waals surface area (Å²) in [6, 6.07) is 4.17. The van der Waals surface area contributed by atoms with Gasteiger partial charge in [-0.3, -0.25) is 9.59 Å². The van der Waals surface area contributed by atoms with E-state index in [1.54, 1.807) is 0 Å². The molecule has 1 aliphatic carbocycles. The van der Waals surface area contributed by atoms with E-state index in [9.17, 15) is 9.59 Å². The van der Waals surface area contributed by atoms with Gasteiger partial charge in [0.25, 0.3) is 0 Å². The molecule has 1 unspecified atom stereocenters. The molecule has 1 fully saturated rings. The molecule has 0 bridgehead atoms. The maximum Gasteiger partial charge on any atom is 0.242 e. The lowest BCUT2D eigenvalue weighted by Crippen LogP contribution is -2.49. The average Bonchev–Trinajstić information content (AvgIpc) is 3.13. The van der Waals surface area contributed by atoms with Crippen molar-refractivity contribution in [3.05, 3.63) is 24.0 Å². The van der Waals surface area contributed by atoms with Gasteiger partial charge >= 0.3 is 0 Å². The predicted molar refractivity (Wildman–Crippen MR) is 114 cm³/mol. The minimum atomic E-state index is 0.0686. The number of hydrogen-bond donors (Lipinski definition) is 0. The largest absolute Gasteiger partial charge is 0.353 e. The van der Waals surface area contributed by atoms with Crippen molar-refractivity contribution in [1.29, 1.82) is 0 Å². The van der Waals surface area contributed by atoms with Crippen molar-refractivity contribution in [3.8, 4) is 0 Å². The highest BCUT2D eigenvalue weighted by atomic mass is 16.2. The van der Waals surface area contributed by atoms with E-state index in [-0.39, 0.29) is 30.3 Å². The van der Waals surface area contributed by atoms with Crippen LogP contribution >= 0.6 is 0 Å². The van der Waals surface area contributed by atoms with Crippen molar-refractivity contribution in [3.63, 3.8) is 0 Å². The molecule has 1 atom stereocenters.